The largest absolute Gasteiger partial charge is 0.352 e. The predicted molar refractivity (Wildman–Crippen MR) is 118 cm³/mol. The molecule has 0 aliphatic carbocycles. The average Bonchev–Trinajstić information content (AvgIpc) is 3.17. The Morgan fingerprint density at radius 2 is 1.90 bits per heavy atom. The van der Waals surface area contributed by atoms with Gasteiger partial charge in [0.2, 0.25) is 0 Å². The van der Waals surface area contributed by atoms with E-state index in [1.807, 2.05) is 42.9 Å². The Balaban J connectivity index is 1.58. The molecule has 5 nitrogen and oxygen atoms in total. The molecule has 3 rings (SSSR count). The molecular weight excluding hydrogens is 385 g/mol. The average molecular weight is 412 g/mol. The fraction of sp³-hybridized carbons (Fsp3) is 0.273. The van der Waals surface area contributed by atoms with Crippen LogP contribution in [0.25, 0.3) is 0 Å². The Morgan fingerprint density at radius 3 is 2.66 bits per heavy atom. The van der Waals surface area contributed by atoms with Crippen molar-refractivity contribution in [3.63, 3.8) is 0 Å². The number of benzene rings is 2. The van der Waals surface area contributed by atoms with Crippen LogP contribution in [0.4, 0.5) is 4.39 Å². The van der Waals surface area contributed by atoms with Gasteiger partial charge in [-0.15, -0.1) is 0 Å². The third-order valence-electron chi connectivity index (χ3n) is 4.55. The normalized spacial score (nSPS) is 11.5. The van der Waals surface area contributed by atoms with Gasteiger partial charge in [0.1, 0.15) is 11.6 Å². The van der Waals surface area contributed by atoms with Gasteiger partial charge in [-0.25, -0.2) is 9.37 Å². The van der Waals surface area contributed by atoms with Gasteiger partial charge in [0, 0.05) is 38.3 Å². The van der Waals surface area contributed by atoms with E-state index in [-0.39, 0.29) is 5.82 Å². The molecule has 1 heterocycles. The molecule has 29 heavy (non-hydrogen) atoms. The van der Waals surface area contributed by atoms with Crippen molar-refractivity contribution < 1.29 is 4.39 Å². The highest BCUT2D eigenvalue weighted by molar-refractivity contribution is 7.97. The molecule has 0 spiro atoms. The lowest BCUT2D eigenvalue weighted by Gasteiger charge is -2.15. The van der Waals surface area contributed by atoms with Crippen LogP contribution in [0.2, 0.25) is 0 Å². The van der Waals surface area contributed by atoms with Gasteiger partial charge < -0.3 is 15.2 Å². The van der Waals surface area contributed by atoms with Gasteiger partial charge in [-0.3, -0.25) is 4.99 Å². The number of hydrogen-bond donors (Lipinski definition) is 2. The molecule has 7 heteroatoms. The fourth-order valence-corrected chi connectivity index (χ4v) is 3.63. The highest BCUT2D eigenvalue weighted by Crippen LogP contribution is 2.16. The van der Waals surface area contributed by atoms with E-state index in [2.05, 4.69) is 37.3 Å². The van der Waals surface area contributed by atoms with Crippen LogP contribution in [0.5, 0.6) is 0 Å². The fourth-order valence-electron chi connectivity index (χ4n) is 3.05. The number of aromatic nitrogens is 2. The van der Waals surface area contributed by atoms with Crippen LogP contribution < -0.4 is 10.6 Å². The summed E-state index contributed by atoms with van der Waals surface area (Å²) in [5, 5.41) is 6.61. The predicted octanol–water partition coefficient (Wildman–Crippen LogP) is 3.80. The molecule has 0 saturated carbocycles. The molecule has 0 unspecified atom stereocenters. The number of aliphatic imine (C=N–C) groups is 1. The van der Waals surface area contributed by atoms with Crippen LogP contribution in [0.3, 0.4) is 0 Å². The van der Waals surface area contributed by atoms with Crippen molar-refractivity contribution >= 4 is 17.7 Å². The van der Waals surface area contributed by atoms with Crippen molar-refractivity contribution in [1.82, 2.24) is 20.2 Å². The van der Waals surface area contributed by atoms with Crippen LogP contribution in [-0.2, 0) is 25.4 Å². The Bertz CT molecular complexity index is 939. The summed E-state index contributed by atoms with van der Waals surface area (Å²) < 4.78 is 15.6. The Morgan fingerprint density at radius 1 is 1.10 bits per heavy atom. The number of imidazole rings is 1. The topological polar surface area (TPSA) is 54.2 Å². The van der Waals surface area contributed by atoms with Crippen molar-refractivity contribution in [2.24, 2.45) is 4.99 Å². The SMILES string of the molecule is CN=C(NCc1ccc(F)cc1CSC)NCc1nccn1Cc1ccccc1. The van der Waals surface area contributed by atoms with Crippen molar-refractivity contribution in [2.75, 3.05) is 13.3 Å². The summed E-state index contributed by atoms with van der Waals surface area (Å²) in [6, 6.07) is 15.2. The molecule has 0 atom stereocenters. The summed E-state index contributed by atoms with van der Waals surface area (Å²) in [6.07, 6.45) is 5.80. The Hall–Kier alpha value is -2.80. The number of nitrogens with one attached hydrogen (secondary N) is 2. The number of thioether (sulfide) groups is 1. The molecule has 0 fully saturated rings. The highest BCUT2D eigenvalue weighted by atomic mass is 32.2. The minimum absolute atomic E-state index is 0.203. The molecule has 152 valence electrons. The summed E-state index contributed by atoms with van der Waals surface area (Å²) in [4.78, 5) is 8.75. The van der Waals surface area contributed by atoms with Crippen molar-refractivity contribution in [2.45, 2.75) is 25.4 Å². The van der Waals surface area contributed by atoms with Crippen LogP contribution in [0, 0.1) is 5.82 Å². The van der Waals surface area contributed by atoms with E-state index in [0.29, 0.717) is 19.0 Å². The van der Waals surface area contributed by atoms with E-state index in [1.54, 1.807) is 24.9 Å². The van der Waals surface area contributed by atoms with Gasteiger partial charge in [0.25, 0.3) is 0 Å². The quantitative estimate of drug-likeness (QED) is 0.437. The second-order valence-corrected chi connectivity index (χ2v) is 7.45. The zero-order valence-corrected chi connectivity index (χ0v) is 17.5. The van der Waals surface area contributed by atoms with E-state index in [0.717, 1.165) is 29.2 Å². The maximum atomic E-state index is 13.5. The van der Waals surface area contributed by atoms with Gasteiger partial charge in [0.15, 0.2) is 5.96 Å². The maximum absolute atomic E-state index is 13.5. The highest BCUT2D eigenvalue weighted by Gasteiger charge is 2.08. The zero-order chi connectivity index (χ0) is 20.5. The van der Waals surface area contributed by atoms with E-state index >= 15 is 0 Å². The smallest absolute Gasteiger partial charge is 0.191 e. The first kappa shape index (κ1) is 20.9. The molecule has 2 N–H and O–H groups in total. The molecule has 0 aliphatic heterocycles. The second-order valence-electron chi connectivity index (χ2n) is 6.58. The van der Waals surface area contributed by atoms with Crippen molar-refractivity contribution in [3.8, 4) is 0 Å². The molecule has 3 aromatic rings. The van der Waals surface area contributed by atoms with Crippen LogP contribution in [0.1, 0.15) is 22.5 Å². The van der Waals surface area contributed by atoms with E-state index < -0.39 is 0 Å². The first-order valence-electron chi connectivity index (χ1n) is 9.44. The third kappa shape index (κ3) is 6.09. The van der Waals surface area contributed by atoms with E-state index in [9.17, 15) is 4.39 Å². The summed E-state index contributed by atoms with van der Waals surface area (Å²) >= 11 is 1.68. The second kappa shape index (κ2) is 10.7. The van der Waals surface area contributed by atoms with Crippen LogP contribution >= 0.6 is 11.8 Å². The number of rotatable bonds is 8. The zero-order valence-electron chi connectivity index (χ0n) is 16.7. The van der Waals surface area contributed by atoms with Gasteiger partial charge >= 0.3 is 0 Å². The number of guanidine groups is 1. The Labute approximate surface area is 175 Å². The first-order valence-corrected chi connectivity index (χ1v) is 10.8. The molecule has 0 amide bonds. The molecular formula is C22H26FN5S. The molecule has 0 bridgehead atoms. The summed E-state index contributed by atoms with van der Waals surface area (Å²) in [5.74, 6) is 2.18. The maximum Gasteiger partial charge on any atom is 0.191 e. The van der Waals surface area contributed by atoms with Gasteiger partial charge in [-0.2, -0.15) is 11.8 Å². The van der Waals surface area contributed by atoms with Crippen molar-refractivity contribution in [3.05, 3.63) is 89.3 Å². The van der Waals surface area contributed by atoms with Gasteiger partial charge in [0.05, 0.1) is 6.54 Å². The van der Waals surface area contributed by atoms with E-state index in [4.69, 9.17) is 0 Å². The number of nitrogens with zero attached hydrogens (tertiary/aromatic N) is 3. The lowest BCUT2D eigenvalue weighted by atomic mass is 10.1. The summed E-state index contributed by atoms with van der Waals surface area (Å²) in [5.41, 5.74) is 3.29. The molecule has 1 aromatic heterocycles. The summed E-state index contributed by atoms with van der Waals surface area (Å²) in [7, 11) is 1.74. The lowest BCUT2D eigenvalue weighted by molar-refractivity contribution is 0.625. The lowest BCUT2D eigenvalue weighted by Crippen LogP contribution is -2.37. The third-order valence-corrected chi connectivity index (χ3v) is 5.15. The van der Waals surface area contributed by atoms with Crippen LogP contribution in [0.15, 0.2) is 65.9 Å². The molecule has 0 radical (unpaired) electrons. The number of hydrogen-bond acceptors (Lipinski definition) is 3. The van der Waals surface area contributed by atoms with Crippen LogP contribution in [-0.4, -0.2) is 28.8 Å². The minimum Gasteiger partial charge on any atom is -0.352 e. The van der Waals surface area contributed by atoms with E-state index in [1.165, 1.54) is 11.6 Å². The molecule has 0 aliphatic rings. The van der Waals surface area contributed by atoms with Gasteiger partial charge in [-0.1, -0.05) is 36.4 Å². The molecule has 0 saturated heterocycles. The monoisotopic (exact) mass is 411 g/mol. The van der Waals surface area contributed by atoms with Gasteiger partial charge in [-0.05, 0) is 35.1 Å². The minimum atomic E-state index is -0.203. The summed E-state index contributed by atoms with van der Waals surface area (Å²) in [6.45, 7) is 1.91. The van der Waals surface area contributed by atoms with Crippen molar-refractivity contribution in [1.29, 1.82) is 0 Å². The standard InChI is InChI=1S/C22H26FN5S/c1-24-22(26-13-18-8-9-20(23)12-19(18)16-29-2)27-14-21-25-10-11-28(21)15-17-6-4-3-5-7-17/h3-12H,13-16H2,1-2H3,(H2,24,26,27). The molecule has 2 aromatic carbocycles. The Kier molecular flexibility index (Phi) is 7.69. The first-order chi connectivity index (χ1) is 14.2. The number of halogens is 1.